The van der Waals surface area contributed by atoms with E-state index in [1.807, 2.05) is 6.92 Å². The molecule has 2 amide bonds. The molecule has 0 fully saturated rings. The van der Waals surface area contributed by atoms with Crippen molar-refractivity contribution in [1.29, 1.82) is 0 Å². The summed E-state index contributed by atoms with van der Waals surface area (Å²) >= 11 is 7.22. The van der Waals surface area contributed by atoms with Crippen LogP contribution in [0, 0.1) is 19.7 Å². The third-order valence-corrected chi connectivity index (χ3v) is 6.71. The van der Waals surface area contributed by atoms with Crippen LogP contribution in [0.3, 0.4) is 0 Å². The largest absolute Gasteiger partial charge is 0.481 e. The minimum Gasteiger partial charge on any atom is -0.481 e. The van der Waals surface area contributed by atoms with E-state index < -0.39 is 29.7 Å². The minimum absolute atomic E-state index is 0.0501. The number of hydrazone groups is 1. The lowest BCUT2D eigenvalue weighted by molar-refractivity contribution is -0.127. The molecule has 0 saturated carbocycles. The molecule has 0 aliphatic carbocycles. The highest BCUT2D eigenvalue weighted by Crippen LogP contribution is 2.33. The number of nitrogens with zero attached hydrogens (tertiary/aromatic N) is 1. The van der Waals surface area contributed by atoms with E-state index in [1.165, 1.54) is 60.7 Å². The number of nitrogens with one attached hydrogen (secondary N) is 2. The number of ether oxygens (including phenoxy) is 2. The molecule has 1 unspecified atom stereocenters. The predicted molar refractivity (Wildman–Crippen MR) is 141 cm³/mol. The fourth-order valence-electron chi connectivity index (χ4n) is 3.17. The highest BCUT2D eigenvalue weighted by molar-refractivity contribution is 7.16. The van der Waals surface area contributed by atoms with E-state index >= 15 is 0 Å². The second-order valence-corrected chi connectivity index (χ2v) is 9.45. The molecule has 1 heterocycles. The van der Waals surface area contributed by atoms with Crippen molar-refractivity contribution in [3.63, 3.8) is 0 Å². The van der Waals surface area contributed by atoms with Gasteiger partial charge >= 0.3 is 5.97 Å². The summed E-state index contributed by atoms with van der Waals surface area (Å²) in [5, 5.41) is 7.08. The highest BCUT2D eigenvalue weighted by Gasteiger charge is 2.22. The Morgan fingerprint density at radius 2 is 1.86 bits per heavy atom. The first-order valence-electron chi connectivity index (χ1n) is 11.2. The molecule has 0 aliphatic rings. The van der Waals surface area contributed by atoms with Crippen molar-refractivity contribution in [1.82, 2.24) is 5.43 Å². The van der Waals surface area contributed by atoms with Gasteiger partial charge in [-0.15, -0.1) is 11.3 Å². The first-order valence-corrected chi connectivity index (χ1v) is 12.4. The first kappa shape index (κ1) is 27.8. The van der Waals surface area contributed by atoms with Gasteiger partial charge in [-0.25, -0.2) is 14.6 Å². The Hall–Kier alpha value is -3.76. The van der Waals surface area contributed by atoms with Crippen molar-refractivity contribution >= 4 is 51.9 Å². The molecule has 2 N–H and O–H groups in total. The molecule has 0 radical (unpaired) electrons. The van der Waals surface area contributed by atoms with Gasteiger partial charge in [0, 0.05) is 16.0 Å². The fourth-order valence-corrected chi connectivity index (χ4v) is 4.42. The zero-order valence-corrected chi connectivity index (χ0v) is 22.1. The standard InChI is InChI=1S/C26H25ClFN3O5S/c1-5-35-26(34)22-14(2)16(4)37-25(22)30-24(33)17-9-11-18(12-10-17)36-15(3)23(32)31-29-13-19-20(27)7-6-8-21(19)28/h6-13,15H,5H2,1-4H3,(H,30,33)(H,31,32)/b29-13+. The normalized spacial score (nSPS) is 11.7. The summed E-state index contributed by atoms with van der Waals surface area (Å²) in [6.07, 6.45) is 0.178. The predicted octanol–water partition coefficient (Wildman–Crippen LogP) is 5.50. The molecule has 8 nitrogen and oxygen atoms in total. The van der Waals surface area contributed by atoms with E-state index in [4.69, 9.17) is 21.1 Å². The number of carbonyl (C=O) groups is 3. The SMILES string of the molecule is CCOC(=O)c1c(NC(=O)c2ccc(OC(C)C(=O)N/N=C/c3c(F)cccc3Cl)cc2)sc(C)c1C. The molecule has 3 rings (SSSR count). The number of esters is 1. The molecular formula is C26H25ClFN3O5S. The lowest BCUT2D eigenvalue weighted by Gasteiger charge is -2.13. The molecule has 1 atom stereocenters. The zero-order valence-electron chi connectivity index (χ0n) is 20.6. The maximum Gasteiger partial charge on any atom is 0.341 e. The number of halogens is 2. The van der Waals surface area contributed by atoms with Crippen molar-refractivity contribution in [3.8, 4) is 5.75 Å². The molecule has 1 aromatic heterocycles. The van der Waals surface area contributed by atoms with Crippen molar-refractivity contribution < 1.29 is 28.2 Å². The number of aryl methyl sites for hydroxylation is 1. The van der Waals surface area contributed by atoms with Gasteiger partial charge in [-0.3, -0.25) is 9.59 Å². The second-order valence-electron chi connectivity index (χ2n) is 7.82. The number of hydrogen-bond acceptors (Lipinski definition) is 7. The summed E-state index contributed by atoms with van der Waals surface area (Å²) in [5.41, 5.74) is 3.76. The summed E-state index contributed by atoms with van der Waals surface area (Å²) < 4.78 is 24.5. The summed E-state index contributed by atoms with van der Waals surface area (Å²) in [5.74, 6) is -1.70. The van der Waals surface area contributed by atoms with Gasteiger partial charge in [0.1, 0.15) is 16.6 Å². The van der Waals surface area contributed by atoms with Crippen LogP contribution in [0.1, 0.15) is 50.6 Å². The molecule has 0 bridgehead atoms. The maximum absolute atomic E-state index is 13.8. The topological polar surface area (TPSA) is 106 Å². The highest BCUT2D eigenvalue weighted by atomic mass is 35.5. The lowest BCUT2D eigenvalue weighted by Crippen LogP contribution is -2.33. The van der Waals surface area contributed by atoms with Crippen LogP contribution < -0.4 is 15.5 Å². The number of rotatable bonds is 9. The number of anilines is 1. The van der Waals surface area contributed by atoms with Gasteiger partial charge in [-0.2, -0.15) is 5.10 Å². The summed E-state index contributed by atoms with van der Waals surface area (Å²) in [6, 6.07) is 10.3. The monoisotopic (exact) mass is 545 g/mol. The average molecular weight is 546 g/mol. The number of carbonyl (C=O) groups excluding carboxylic acids is 3. The molecule has 2 aromatic carbocycles. The van der Waals surface area contributed by atoms with E-state index in [9.17, 15) is 18.8 Å². The molecule has 0 spiro atoms. The van der Waals surface area contributed by atoms with Crippen LogP contribution in [0.15, 0.2) is 47.6 Å². The van der Waals surface area contributed by atoms with E-state index in [1.54, 1.807) is 13.8 Å². The first-order chi connectivity index (χ1) is 17.6. The van der Waals surface area contributed by atoms with Crippen LogP contribution in [-0.2, 0) is 9.53 Å². The van der Waals surface area contributed by atoms with Crippen molar-refractivity contribution in [2.24, 2.45) is 5.10 Å². The smallest absolute Gasteiger partial charge is 0.341 e. The summed E-state index contributed by atoms with van der Waals surface area (Å²) in [4.78, 5) is 38.3. The Labute approximate surface area is 222 Å². The molecular weight excluding hydrogens is 521 g/mol. The quantitative estimate of drug-likeness (QED) is 0.210. The number of benzene rings is 2. The third-order valence-electron chi connectivity index (χ3n) is 5.26. The van der Waals surface area contributed by atoms with E-state index in [2.05, 4.69) is 15.8 Å². The Balaban J connectivity index is 1.60. The maximum atomic E-state index is 13.8. The van der Waals surface area contributed by atoms with Gasteiger partial charge < -0.3 is 14.8 Å². The minimum atomic E-state index is -0.933. The Bertz CT molecular complexity index is 1320. The van der Waals surface area contributed by atoms with Crippen molar-refractivity contribution in [3.05, 3.63) is 80.4 Å². The second kappa shape index (κ2) is 12.5. The van der Waals surface area contributed by atoms with E-state index in [0.717, 1.165) is 16.7 Å². The lowest BCUT2D eigenvalue weighted by atomic mass is 10.1. The zero-order chi connectivity index (χ0) is 27.1. The van der Waals surface area contributed by atoms with E-state index in [0.29, 0.717) is 21.9 Å². The van der Waals surface area contributed by atoms with Crippen LogP contribution in [0.4, 0.5) is 9.39 Å². The van der Waals surface area contributed by atoms with Crippen LogP contribution in [0.2, 0.25) is 5.02 Å². The van der Waals surface area contributed by atoms with Gasteiger partial charge in [0.2, 0.25) is 0 Å². The fraction of sp³-hybridized carbons (Fsp3) is 0.231. The Kier molecular flexibility index (Phi) is 9.37. The molecule has 37 heavy (non-hydrogen) atoms. The van der Waals surface area contributed by atoms with Gasteiger partial charge in [0.15, 0.2) is 6.10 Å². The third kappa shape index (κ3) is 6.93. The molecule has 0 aliphatic heterocycles. The number of amides is 2. The Morgan fingerprint density at radius 1 is 1.16 bits per heavy atom. The molecule has 0 saturated heterocycles. The molecule has 3 aromatic rings. The Morgan fingerprint density at radius 3 is 2.51 bits per heavy atom. The molecule has 11 heteroatoms. The van der Waals surface area contributed by atoms with Gasteiger partial charge in [-0.1, -0.05) is 17.7 Å². The van der Waals surface area contributed by atoms with Crippen molar-refractivity contribution in [2.75, 3.05) is 11.9 Å². The van der Waals surface area contributed by atoms with Gasteiger partial charge in [0.05, 0.1) is 23.4 Å². The summed E-state index contributed by atoms with van der Waals surface area (Å²) in [6.45, 7) is 7.12. The van der Waals surface area contributed by atoms with E-state index in [-0.39, 0.29) is 17.2 Å². The number of thiophene rings is 1. The van der Waals surface area contributed by atoms with Gasteiger partial charge in [0.25, 0.3) is 11.8 Å². The average Bonchev–Trinajstić information content (AvgIpc) is 3.13. The van der Waals surface area contributed by atoms with Crippen molar-refractivity contribution in [2.45, 2.75) is 33.8 Å². The molecule has 194 valence electrons. The van der Waals surface area contributed by atoms with Crippen LogP contribution in [0.25, 0.3) is 0 Å². The van der Waals surface area contributed by atoms with Gasteiger partial charge in [-0.05, 0) is 69.7 Å². The number of hydrogen-bond donors (Lipinski definition) is 2. The summed E-state index contributed by atoms with van der Waals surface area (Å²) in [7, 11) is 0. The van der Waals surface area contributed by atoms with Crippen LogP contribution >= 0.6 is 22.9 Å². The van der Waals surface area contributed by atoms with Crippen LogP contribution in [0.5, 0.6) is 5.75 Å². The van der Waals surface area contributed by atoms with Crippen LogP contribution in [-0.4, -0.2) is 36.7 Å².